The maximum Gasteiger partial charge on any atom is 0.249 e. The van der Waals surface area contributed by atoms with Crippen LogP contribution in [0.5, 0.6) is 5.75 Å². The second-order valence-corrected chi connectivity index (χ2v) is 5.14. The summed E-state index contributed by atoms with van der Waals surface area (Å²) in [7, 11) is 0. The van der Waals surface area contributed by atoms with Crippen LogP contribution >= 0.6 is 0 Å². The Kier molecular flexibility index (Phi) is 7.05. The molecule has 0 atom stereocenters. The van der Waals surface area contributed by atoms with Crippen LogP contribution in [0.4, 0.5) is 10.1 Å². The van der Waals surface area contributed by atoms with Crippen LogP contribution in [0.15, 0.2) is 66.3 Å². The molecule has 0 heterocycles. The largest absolute Gasteiger partial charge is 0.489 e. The fourth-order valence-electron chi connectivity index (χ4n) is 1.98. The maximum absolute atomic E-state index is 13.4. The lowest BCUT2D eigenvalue weighted by atomic mass is 10.2. The summed E-state index contributed by atoms with van der Waals surface area (Å²) in [5.74, 6) is -1.25. The van der Waals surface area contributed by atoms with E-state index in [1.165, 1.54) is 24.4 Å². The fourth-order valence-corrected chi connectivity index (χ4v) is 1.98. The second-order valence-electron chi connectivity index (χ2n) is 5.14. The minimum atomic E-state index is -0.641. The number of hydrogen-bond acceptors (Lipinski definition) is 4. The first-order valence-corrected chi connectivity index (χ1v) is 7.79. The summed E-state index contributed by atoms with van der Waals surface area (Å²) >= 11 is 0. The molecule has 0 aliphatic carbocycles. The summed E-state index contributed by atoms with van der Waals surface area (Å²) in [4.78, 5) is 23.5. The molecular weight excluding hydrogens is 337 g/mol. The molecule has 26 heavy (non-hydrogen) atoms. The van der Waals surface area contributed by atoms with Gasteiger partial charge in [-0.05, 0) is 24.3 Å². The molecule has 0 saturated carbocycles. The molecular formula is C19H18FN3O3. The molecule has 6 nitrogen and oxygen atoms in total. The number of hydrazone groups is 1. The highest BCUT2D eigenvalue weighted by molar-refractivity contribution is 6.03. The van der Waals surface area contributed by atoms with Gasteiger partial charge in [0, 0.05) is 5.56 Å². The molecule has 2 aromatic carbocycles. The van der Waals surface area contributed by atoms with Crippen molar-refractivity contribution in [3.63, 3.8) is 0 Å². The quantitative estimate of drug-likeness (QED) is 0.331. The highest BCUT2D eigenvalue weighted by atomic mass is 19.1. The third-order valence-electron chi connectivity index (χ3n) is 3.14. The van der Waals surface area contributed by atoms with Gasteiger partial charge in [-0.1, -0.05) is 36.9 Å². The highest BCUT2D eigenvalue weighted by Crippen LogP contribution is 2.15. The van der Waals surface area contributed by atoms with Gasteiger partial charge in [0.25, 0.3) is 0 Å². The Hall–Kier alpha value is -3.48. The SMILES string of the molecule is C=CCOc1ccccc1C=NNC(=O)CC(=O)Nc1ccccc1F. The topological polar surface area (TPSA) is 79.8 Å². The Bertz CT molecular complexity index is 821. The number of halogens is 1. The van der Waals surface area contributed by atoms with Crippen LogP contribution in [0.25, 0.3) is 0 Å². The van der Waals surface area contributed by atoms with Crippen LogP contribution in [-0.4, -0.2) is 24.6 Å². The number of para-hydroxylation sites is 2. The Morgan fingerprint density at radius 2 is 1.85 bits per heavy atom. The molecule has 0 aromatic heterocycles. The van der Waals surface area contributed by atoms with Crippen LogP contribution in [0.2, 0.25) is 0 Å². The lowest BCUT2D eigenvalue weighted by Gasteiger charge is -2.06. The minimum absolute atomic E-state index is 0.0158. The molecule has 2 rings (SSSR count). The smallest absolute Gasteiger partial charge is 0.249 e. The number of nitrogens with one attached hydrogen (secondary N) is 2. The molecule has 0 saturated heterocycles. The van der Waals surface area contributed by atoms with E-state index in [2.05, 4.69) is 22.4 Å². The summed E-state index contributed by atoms with van der Waals surface area (Å²) in [6.07, 6.45) is 2.54. The monoisotopic (exact) mass is 355 g/mol. The van der Waals surface area contributed by atoms with Crippen molar-refractivity contribution in [3.05, 3.63) is 72.6 Å². The summed E-state index contributed by atoms with van der Waals surface area (Å²) < 4.78 is 18.9. The van der Waals surface area contributed by atoms with E-state index in [-0.39, 0.29) is 5.69 Å². The first kappa shape index (κ1) is 18.9. The normalized spacial score (nSPS) is 10.3. The lowest BCUT2D eigenvalue weighted by molar-refractivity contribution is -0.126. The number of anilines is 1. The molecule has 0 unspecified atom stereocenters. The number of benzene rings is 2. The van der Waals surface area contributed by atoms with Gasteiger partial charge in [-0.15, -0.1) is 0 Å². The van der Waals surface area contributed by atoms with Crippen LogP contribution in [0.3, 0.4) is 0 Å². The standard InChI is InChI=1S/C19H18FN3O3/c1-2-11-26-17-10-6-3-7-14(17)13-21-23-19(25)12-18(24)22-16-9-5-4-8-15(16)20/h2-10,13H,1,11-12H2,(H,22,24)(H,23,25). The molecule has 0 bridgehead atoms. The molecule has 0 aliphatic heterocycles. The van der Waals surface area contributed by atoms with Crippen molar-refractivity contribution in [2.75, 3.05) is 11.9 Å². The number of carbonyl (C=O) groups is 2. The molecule has 0 aliphatic rings. The van der Waals surface area contributed by atoms with Gasteiger partial charge in [0.15, 0.2) is 0 Å². The Labute approximate surface area is 150 Å². The zero-order valence-corrected chi connectivity index (χ0v) is 13.9. The zero-order chi connectivity index (χ0) is 18.8. The van der Waals surface area contributed by atoms with Crippen molar-refractivity contribution in [3.8, 4) is 5.75 Å². The third-order valence-corrected chi connectivity index (χ3v) is 3.14. The van der Waals surface area contributed by atoms with E-state index in [1.54, 1.807) is 36.4 Å². The first-order valence-electron chi connectivity index (χ1n) is 7.79. The number of nitrogens with zero attached hydrogens (tertiary/aromatic N) is 1. The van der Waals surface area contributed by atoms with Crippen LogP contribution in [0, 0.1) is 5.82 Å². The molecule has 2 aromatic rings. The summed E-state index contributed by atoms with van der Waals surface area (Å²) in [5.41, 5.74) is 2.92. The second kappa shape index (κ2) is 9.73. The van der Waals surface area contributed by atoms with Crippen molar-refractivity contribution >= 4 is 23.7 Å². The average molecular weight is 355 g/mol. The minimum Gasteiger partial charge on any atom is -0.489 e. The van der Waals surface area contributed by atoms with Gasteiger partial charge in [0.2, 0.25) is 11.8 Å². The van der Waals surface area contributed by atoms with E-state index < -0.39 is 24.1 Å². The predicted octanol–water partition coefficient (Wildman–Crippen LogP) is 2.87. The fraction of sp³-hybridized carbons (Fsp3) is 0.105. The van der Waals surface area contributed by atoms with Crippen molar-refractivity contribution in [2.24, 2.45) is 5.10 Å². The average Bonchev–Trinajstić information content (AvgIpc) is 2.62. The van der Waals surface area contributed by atoms with Crippen LogP contribution in [0.1, 0.15) is 12.0 Å². The summed E-state index contributed by atoms with van der Waals surface area (Å²) in [5, 5.41) is 6.13. The number of carbonyl (C=O) groups excluding carboxylic acids is 2. The molecule has 0 spiro atoms. The molecule has 2 amide bonds. The van der Waals surface area contributed by atoms with Gasteiger partial charge in [-0.3, -0.25) is 9.59 Å². The van der Waals surface area contributed by atoms with Crippen molar-refractivity contribution < 1.29 is 18.7 Å². The van der Waals surface area contributed by atoms with Gasteiger partial charge >= 0.3 is 0 Å². The third kappa shape index (κ3) is 5.86. The van der Waals surface area contributed by atoms with Crippen molar-refractivity contribution in [1.82, 2.24) is 5.43 Å². The Balaban J connectivity index is 1.86. The maximum atomic E-state index is 13.4. The molecule has 7 heteroatoms. The predicted molar refractivity (Wildman–Crippen MR) is 97.5 cm³/mol. The zero-order valence-electron chi connectivity index (χ0n) is 13.9. The van der Waals surface area contributed by atoms with Crippen molar-refractivity contribution in [1.29, 1.82) is 0 Å². The number of rotatable bonds is 8. The molecule has 134 valence electrons. The van der Waals surface area contributed by atoms with Gasteiger partial charge < -0.3 is 10.1 Å². The van der Waals surface area contributed by atoms with E-state index in [0.29, 0.717) is 17.9 Å². The van der Waals surface area contributed by atoms with Crippen LogP contribution < -0.4 is 15.5 Å². The van der Waals surface area contributed by atoms with E-state index >= 15 is 0 Å². The van der Waals surface area contributed by atoms with Crippen LogP contribution in [-0.2, 0) is 9.59 Å². The Morgan fingerprint density at radius 3 is 2.62 bits per heavy atom. The van der Waals surface area contributed by atoms with Crippen molar-refractivity contribution in [2.45, 2.75) is 6.42 Å². The highest BCUT2D eigenvalue weighted by Gasteiger charge is 2.11. The Morgan fingerprint density at radius 1 is 1.12 bits per heavy atom. The number of hydrogen-bond donors (Lipinski definition) is 2. The number of ether oxygens (including phenoxy) is 1. The van der Waals surface area contributed by atoms with E-state index in [4.69, 9.17) is 4.74 Å². The van der Waals surface area contributed by atoms with Gasteiger partial charge in [-0.2, -0.15) is 5.10 Å². The van der Waals surface area contributed by atoms with Gasteiger partial charge in [0.05, 0.1) is 11.9 Å². The lowest BCUT2D eigenvalue weighted by Crippen LogP contribution is -2.25. The number of amides is 2. The molecule has 0 radical (unpaired) electrons. The van der Waals surface area contributed by atoms with Gasteiger partial charge in [-0.25, -0.2) is 9.82 Å². The summed E-state index contributed by atoms with van der Waals surface area (Å²) in [6, 6.07) is 12.8. The molecule has 0 fully saturated rings. The van der Waals surface area contributed by atoms with E-state index in [1.807, 2.05) is 0 Å². The van der Waals surface area contributed by atoms with E-state index in [0.717, 1.165) is 0 Å². The van der Waals surface area contributed by atoms with Gasteiger partial charge in [0.1, 0.15) is 24.6 Å². The first-order chi connectivity index (χ1) is 12.6. The van der Waals surface area contributed by atoms with E-state index in [9.17, 15) is 14.0 Å². The summed E-state index contributed by atoms with van der Waals surface area (Å²) in [6.45, 7) is 3.92. The molecule has 2 N–H and O–H groups in total.